The van der Waals surface area contributed by atoms with Gasteiger partial charge in [-0.05, 0) is 62.1 Å². The molecule has 1 aliphatic heterocycles. The topological polar surface area (TPSA) is 41.1 Å². The molecule has 2 N–H and O–H groups in total. The van der Waals surface area contributed by atoms with Gasteiger partial charge in [-0.15, -0.1) is 0 Å². The van der Waals surface area contributed by atoms with Crippen molar-refractivity contribution >= 4 is 11.6 Å². The number of hydrogen-bond acceptors (Lipinski definition) is 2. The Morgan fingerprint density at radius 2 is 2.10 bits per heavy atom. The predicted molar refractivity (Wildman–Crippen MR) is 86.6 cm³/mol. The Bertz CT molecular complexity index is 516. The smallest absolute Gasteiger partial charge is 0.241 e. The first-order valence-electron chi connectivity index (χ1n) is 8.30. The van der Waals surface area contributed by atoms with E-state index in [1.165, 1.54) is 30.4 Å². The second kappa shape index (κ2) is 6.18. The van der Waals surface area contributed by atoms with E-state index in [0.717, 1.165) is 31.0 Å². The lowest BCUT2D eigenvalue weighted by molar-refractivity contribution is -0.118. The van der Waals surface area contributed by atoms with Crippen LogP contribution in [0, 0.1) is 12.8 Å². The highest BCUT2D eigenvalue weighted by Crippen LogP contribution is 2.44. The molecule has 1 saturated heterocycles. The van der Waals surface area contributed by atoms with Crippen LogP contribution in [-0.4, -0.2) is 18.5 Å². The normalized spacial score (nSPS) is 23.6. The highest BCUT2D eigenvalue weighted by molar-refractivity contribution is 5.96. The first kappa shape index (κ1) is 14.6. The summed E-state index contributed by atoms with van der Waals surface area (Å²) in [6.07, 6.45) is 5.92. The summed E-state index contributed by atoms with van der Waals surface area (Å²) in [5.74, 6) is 1.48. The van der Waals surface area contributed by atoms with Crippen molar-refractivity contribution in [1.29, 1.82) is 0 Å². The zero-order valence-electron chi connectivity index (χ0n) is 13.1. The van der Waals surface area contributed by atoms with E-state index in [1.54, 1.807) is 0 Å². The minimum Gasteiger partial charge on any atom is -0.324 e. The molecule has 2 aliphatic rings. The molecule has 1 aliphatic carbocycles. The van der Waals surface area contributed by atoms with Crippen LogP contribution in [0.1, 0.15) is 56.1 Å². The molecule has 1 amide bonds. The van der Waals surface area contributed by atoms with E-state index in [4.69, 9.17) is 0 Å². The van der Waals surface area contributed by atoms with E-state index in [2.05, 4.69) is 42.7 Å². The number of piperidine rings is 1. The molecule has 1 aromatic carbocycles. The SMILES string of the molecule is Cc1cccc(C(C)C2CC2)c1NC(=O)[C@@H]1CCCCN1. The number of benzene rings is 1. The van der Waals surface area contributed by atoms with E-state index in [9.17, 15) is 4.79 Å². The molecule has 1 heterocycles. The van der Waals surface area contributed by atoms with Crippen molar-refractivity contribution < 1.29 is 4.79 Å². The maximum Gasteiger partial charge on any atom is 0.241 e. The van der Waals surface area contributed by atoms with Crippen LogP contribution >= 0.6 is 0 Å². The quantitative estimate of drug-likeness (QED) is 0.888. The molecule has 3 heteroatoms. The van der Waals surface area contributed by atoms with Gasteiger partial charge in [-0.1, -0.05) is 31.5 Å². The summed E-state index contributed by atoms with van der Waals surface area (Å²) in [4.78, 5) is 12.5. The Labute approximate surface area is 127 Å². The van der Waals surface area contributed by atoms with Gasteiger partial charge in [0.15, 0.2) is 0 Å². The molecule has 21 heavy (non-hydrogen) atoms. The Morgan fingerprint density at radius 1 is 1.29 bits per heavy atom. The molecule has 2 fully saturated rings. The third kappa shape index (κ3) is 3.29. The van der Waals surface area contributed by atoms with E-state index in [1.807, 2.05) is 0 Å². The van der Waals surface area contributed by atoms with Crippen molar-refractivity contribution in [3.8, 4) is 0 Å². The molecule has 0 spiro atoms. The fraction of sp³-hybridized carbons (Fsp3) is 0.611. The zero-order chi connectivity index (χ0) is 14.8. The molecule has 1 saturated carbocycles. The van der Waals surface area contributed by atoms with Gasteiger partial charge in [0, 0.05) is 5.69 Å². The predicted octanol–water partition coefficient (Wildman–Crippen LogP) is 3.59. The zero-order valence-corrected chi connectivity index (χ0v) is 13.1. The van der Waals surface area contributed by atoms with Crippen LogP contribution in [-0.2, 0) is 4.79 Å². The lowest BCUT2D eigenvalue weighted by atomic mass is 9.92. The molecule has 3 rings (SSSR count). The third-order valence-corrected chi connectivity index (χ3v) is 5.00. The lowest BCUT2D eigenvalue weighted by Gasteiger charge is -2.25. The molecule has 0 bridgehead atoms. The molecular formula is C18H26N2O. The summed E-state index contributed by atoms with van der Waals surface area (Å²) in [5, 5.41) is 6.54. The summed E-state index contributed by atoms with van der Waals surface area (Å²) < 4.78 is 0. The number of rotatable bonds is 4. The summed E-state index contributed by atoms with van der Waals surface area (Å²) >= 11 is 0. The van der Waals surface area contributed by atoms with Crippen LogP contribution in [0.3, 0.4) is 0 Å². The largest absolute Gasteiger partial charge is 0.324 e. The van der Waals surface area contributed by atoms with Gasteiger partial charge < -0.3 is 10.6 Å². The Morgan fingerprint density at radius 3 is 2.76 bits per heavy atom. The van der Waals surface area contributed by atoms with Crippen molar-refractivity contribution in [1.82, 2.24) is 5.32 Å². The van der Waals surface area contributed by atoms with Gasteiger partial charge in [-0.3, -0.25) is 4.79 Å². The van der Waals surface area contributed by atoms with Gasteiger partial charge >= 0.3 is 0 Å². The molecule has 0 aromatic heterocycles. The summed E-state index contributed by atoms with van der Waals surface area (Å²) in [7, 11) is 0. The van der Waals surface area contributed by atoms with Crippen LogP contribution in [0.5, 0.6) is 0 Å². The van der Waals surface area contributed by atoms with Crippen molar-refractivity contribution in [2.75, 3.05) is 11.9 Å². The average Bonchev–Trinajstić information content (AvgIpc) is 3.34. The maximum absolute atomic E-state index is 12.5. The number of anilines is 1. The Hall–Kier alpha value is -1.35. The van der Waals surface area contributed by atoms with Gasteiger partial charge in [0.25, 0.3) is 0 Å². The van der Waals surface area contributed by atoms with Gasteiger partial charge in [-0.2, -0.15) is 0 Å². The molecule has 1 aromatic rings. The van der Waals surface area contributed by atoms with E-state index in [-0.39, 0.29) is 11.9 Å². The highest BCUT2D eigenvalue weighted by atomic mass is 16.2. The number of carbonyl (C=O) groups excluding carboxylic acids is 1. The van der Waals surface area contributed by atoms with Crippen LogP contribution in [0.15, 0.2) is 18.2 Å². The molecule has 114 valence electrons. The Balaban J connectivity index is 1.78. The maximum atomic E-state index is 12.5. The van der Waals surface area contributed by atoms with Crippen LogP contribution in [0.2, 0.25) is 0 Å². The van der Waals surface area contributed by atoms with Crippen LogP contribution in [0.4, 0.5) is 5.69 Å². The number of hydrogen-bond donors (Lipinski definition) is 2. The van der Waals surface area contributed by atoms with E-state index in [0.29, 0.717) is 5.92 Å². The minimum atomic E-state index is -0.0255. The summed E-state index contributed by atoms with van der Waals surface area (Å²) in [6.45, 7) is 5.34. The summed E-state index contributed by atoms with van der Waals surface area (Å²) in [5.41, 5.74) is 3.53. The van der Waals surface area contributed by atoms with Gasteiger partial charge in [0.1, 0.15) is 0 Å². The van der Waals surface area contributed by atoms with Gasteiger partial charge in [0.05, 0.1) is 6.04 Å². The van der Waals surface area contributed by atoms with Crippen molar-refractivity contribution in [2.24, 2.45) is 5.92 Å². The van der Waals surface area contributed by atoms with E-state index >= 15 is 0 Å². The van der Waals surface area contributed by atoms with Crippen molar-refractivity contribution in [3.63, 3.8) is 0 Å². The van der Waals surface area contributed by atoms with Crippen LogP contribution < -0.4 is 10.6 Å². The molecular weight excluding hydrogens is 260 g/mol. The average molecular weight is 286 g/mol. The molecule has 1 unspecified atom stereocenters. The Kier molecular flexibility index (Phi) is 4.29. The third-order valence-electron chi connectivity index (χ3n) is 5.00. The first-order chi connectivity index (χ1) is 10.2. The molecule has 2 atom stereocenters. The minimum absolute atomic E-state index is 0.0255. The first-order valence-corrected chi connectivity index (χ1v) is 8.30. The van der Waals surface area contributed by atoms with Gasteiger partial charge in [0.2, 0.25) is 5.91 Å². The standard InChI is InChI=1S/C18H26N2O/c1-12-6-5-7-15(13(2)14-9-10-14)17(12)20-18(21)16-8-3-4-11-19-16/h5-7,13-14,16,19H,3-4,8-11H2,1-2H3,(H,20,21)/t13?,16-/m0/s1. The number of para-hydroxylation sites is 1. The molecule has 0 radical (unpaired) electrons. The second-order valence-corrected chi connectivity index (χ2v) is 6.66. The lowest BCUT2D eigenvalue weighted by Crippen LogP contribution is -2.43. The second-order valence-electron chi connectivity index (χ2n) is 6.66. The monoisotopic (exact) mass is 286 g/mol. The van der Waals surface area contributed by atoms with Crippen molar-refractivity contribution in [2.45, 2.75) is 57.9 Å². The van der Waals surface area contributed by atoms with Crippen LogP contribution in [0.25, 0.3) is 0 Å². The number of aryl methyl sites for hydroxylation is 1. The number of carbonyl (C=O) groups is 1. The fourth-order valence-electron chi connectivity index (χ4n) is 3.38. The number of amides is 1. The molecule has 3 nitrogen and oxygen atoms in total. The highest BCUT2D eigenvalue weighted by Gasteiger charge is 2.31. The van der Waals surface area contributed by atoms with E-state index < -0.39 is 0 Å². The number of nitrogens with one attached hydrogen (secondary N) is 2. The summed E-state index contributed by atoms with van der Waals surface area (Å²) in [6, 6.07) is 6.35. The van der Waals surface area contributed by atoms with Crippen molar-refractivity contribution in [3.05, 3.63) is 29.3 Å². The fourth-order valence-corrected chi connectivity index (χ4v) is 3.38. The van der Waals surface area contributed by atoms with Gasteiger partial charge in [-0.25, -0.2) is 0 Å².